The van der Waals surface area contributed by atoms with Gasteiger partial charge in [0.15, 0.2) is 23.2 Å². The molecule has 0 radical (unpaired) electrons. The third-order valence-corrected chi connectivity index (χ3v) is 5.64. The molecule has 4 atom stereocenters. The molecule has 28 heavy (non-hydrogen) atoms. The number of aliphatic hydroxyl groups excluding tert-OH is 2. The number of aliphatic hydroxyl groups is 2. The van der Waals surface area contributed by atoms with Crippen molar-refractivity contribution in [3.8, 4) is 12.3 Å². The molecule has 10 heteroatoms. The summed E-state index contributed by atoms with van der Waals surface area (Å²) in [6.07, 6.45) is 6.85. The van der Waals surface area contributed by atoms with Crippen molar-refractivity contribution in [1.82, 2.24) is 19.5 Å². The number of rotatable bonds is 5. The third-order valence-electron chi connectivity index (χ3n) is 5.64. The predicted molar refractivity (Wildman–Crippen MR) is 97.9 cm³/mol. The number of nitrogen functional groups attached to an aromatic ring is 1. The van der Waals surface area contributed by atoms with Gasteiger partial charge in [-0.1, -0.05) is 5.92 Å². The number of aromatic nitrogens is 4. The van der Waals surface area contributed by atoms with Gasteiger partial charge in [-0.3, -0.25) is 4.57 Å². The van der Waals surface area contributed by atoms with Gasteiger partial charge in [-0.2, -0.15) is 9.97 Å². The summed E-state index contributed by atoms with van der Waals surface area (Å²) in [5.74, 6) is 2.65. The molecule has 2 aliphatic carbocycles. The maximum Gasteiger partial charge on any atom is 0.243 e. The molecule has 3 aliphatic rings. The highest BCUT2D eigenvalue weighted by Crippen LogP contribution is 2.45. The summed E-state index contributed by atoms with van der Waals surface area (Å²) in [6.45, 7) is -0.572. The number of terminal acetylenes is 1. The molecule has 1 aliphatic heterocycles. The Balaban J connectivity index is 1.63. The molecule has 0 spiro atoms. The molecule has 2 saturated carbocycles. The molecular weight excluding hydrogens is 367 g/mol. The molecular formula is C18H21FN6O3. The third kappa shape index (κ3) is 2.47. The number of hydrogen-bond acceptors (Lipinski definition) is 8. The van der Waals surface area contributed by atoms with Crippen molar-refractivity contribution in [3.63, 3.8) is 0 Å². The van der Waals surface area contributed by atoms with Gasteiger partial charge >= 0.3 is 0 Å². The van der Waals surface area contributed by atoms with Crippen LogP contribution >= 0.6 is 0 Å². The summed E-state index contributed by atoms with van der Waals surface area (Å²) in [5, 5.41) is 19.6. The van der Waals surface area contributed by atoms with Crippen LogP contribution in [0, 0.1) is 12.3 Å². The van der Waals surface area contributed by atoms with Crippen LogP contribution in [0.5, 0.6) is 0 Å². The fraction of sp³-hybridized carbons (Fsp3) is 0.611. The number of halogens is 1. The Labute approximate surface area is 160 Å². The largest absolute Gasteiger partial charge is 0.394 e. The van der Waals surface area contributed by atoms with Crippen LogP contribution in [0.3, 0.4) is 0 Å². The monoisotopic (exact) mass is 388 g/mol. The van der Waals surface area contributed by atoms with Crippen molar-refractivity contribution in [2.45, 2.75) is 61.9 Å². The summed E-state index contributed by atoms with van der Waals surface area (Å²) in [7, 11) is 0. The molecule has 2 aromatic heterocycles. The van der Waals surface area contributed by atoms with Crippen LogP contribution in [0.25, 0.3) is 11.2 Å². The quantitative estimate of drug-likeness (QED) is 0.618. The lowest BCUT2D eigenvalue weighted by atomic mass is 9.97. The molecule has 0 bridgehead atoms. The van der Waals surface area contributed by atoms with Gasteiger partial charge in [-0.05, 0) is 25.7 Å². The Bertz CT molecular complexity index is 956. The lowest BCUT2D eigenvalue weighted by Gasteiger charge is -2.25. The van der Waals surface area contributed by atoms with Crippen LogP contribution in [-0.2, 0) is 4.74 Å². The van der Waals surface area contributed by atoms with Gasteiger partial charge in [-0.15, -0.1) is 6.42 Å². The zero-order valence-electron chi connectivity index (χ0n) is 15.1. The lowest BCUT2D eigenvalue weighted by Crippen LogP contribution is -2.42. The average molecular weight is 388 g/mol. The fourth-order valence-corrected chi connectivity index (χ4v) is 3.94. The second-order valence-electron chi connectivity index (χ2n) is 7.67. The van der Waals surface area contributed by atoms with Gasteiger partial charge in [0.1, 0.15) is 12.2 Å². The number of ether oxygens (including phenoxy) is 1. The molecule has 1 saturated heterocycles. The van der Waals surface area contributed by atoms with Crippen molar-refractivity contribution in [3.05, 3.63) is 6.33 Å². The second kappa shape index (κ2) is 6.01. The van der Waals surface area contributed by atoms with E-state index in [-0.39, 0.29) is 11.6 Å². The van der Waals surface area contributed by atoms with Crippen LogP contribution in [0.2, 0.25) is 0 Å². The molecule has 0 aromatic carbocycles. The van der Waals surface area contributed by atoms with E-state index in [0.29, 0.717) is 23.4 Å². The molecule has 0 amide bonds. The van der Waals surface area contributed by atoms with Crippen molar-refractivity contribution in [2.75, 3.05) is 17.2 Å². The number of fused-ring (bicyclic) bond motifs is 1. The fourth-order valence-electron chi connectivity index (χ4n) is 3.94. The first-order valence-electron chi connectivity index (χ1n) is 9.37. The smallest absolute Gasteiger partial charge is 0.243 e. The van der Waals surface area contributed by atoms with Gasteiger partial charge in [0, 0.05) is 12.1 Å². The minimum absolute atomic E-state index is 0.0398. The molecule has 3 heterocycles. The van der Waals surface area contributed by atoms with E-state index in [1.165, 1.54) is 10.9 Å². The summed E-state index contributed by atoms with van der Waals surface area (Å²) in [5.41, 5.74) is 4.17. The standard InChI is InChI=1S/C18H21FN6O3/c1-2-18(19)13(27)11(7-26)28-16(18)24-8-21-12-14(24)22-17(20)23-15(12)25(9-3-4-9)10-5-6-10/h1,8-11,13,16,26-27H,3-7H2,(H2,20,22,23)/t11-,13-,16-,18-/m1/s1. The maximum atomic E-state index is 15.4. The molecule has 3 fully saturated rings. The number of hydrogen-bond donors (Lipinski definition) is 3. The Morgan fingerprint density at radius 3 is 2.61 bits per heavy atom. The van der Waals surface area contributed by atoms with Crippen molar-refractivity contribution in [2.24, 2.45) is 0 Å². The highest BCUT2D eigenvalue weighted by molar-refractivity contribution is 5.85. The van der Waals surface area contributed by atoms with Crippen LogP contribution < -0.4 is 10.6 Å². The summed E-state index contributed by atoms with van der Waals surface area (Å²) in [6, 6.07) is 0.814. The van der Waals surface area contributed by atoms with E-state index >= 15 is 4.39 Å². The van der Waals surface area contributed by atoms with Gasteiger partial charge in [0.2, 0.25) is 11.6 Å². The number of nitrogens with zero attached hydrogens (tertiary/aromatic N) is 5. The number of alkyl halides is 1. The van der Waals surface area contributed by atoms with Crippen molar-refractivity contribution in [1.29, 1.82) is 0 Å². The number of nitrogens with two attached hydrogens (primary N) is 1. The minimum Gasteiger partial charge on any atom is -0.394 e. The van der Waals surface area contributed by atoms with Gasteiger partial charge in [0.25, 0.3) is 0 Å². The van der Waals surface area contributed by atoms with E-state index in [1.54, 1.807) is 0 Å². The number of anilines is 2. The van der Waals surface area contributed by atoms with Gasteiger partial charge in [-0.25, -0.2) is 9.37 Å². The summed E-state index contributed by atoms with van der Waals surface area (Å²) >= 11 is 0. The van der Waals surface area contributed by atoms with E-state index in [0.717, 1.165) is 25.7 Å². The Morgan fingerprint density at radius 2 is 2.04 bits per heavy atom. The zero-order chi connectivity index (χ0) is 19.6. The maximum absolute atomic E-state index is 15.4. The predicted octanol–water partition coefficient (Wildman–Crippen LogP) is 0.132. The van der Waals surface area contributed by atoms with Crippen LogP contribution in [0.15, 0.2) is 6.33 Å². The van der Waals surface area contributed by atoms with Crippen LogP contribution in [0.1, 0.15) is 31.9 Å². The molecule has 4 N–H and O–H groups in total. The first-order chi connectivity index (χ1) is 13.5. The first kappa shape index (κ1) is 17.6. The Kier molecular flexibility index (Phi) is 3.78. The van der Waals surface area contributed by atoms with Gasteiger partial charge in [0.05, 0.1) is 12.9 Å². The molecule has 2 aromatic rings. The van der Waals surface area contributed by atoms with E-state index in [1.807, 2.05) is 5.92 Å². The van der Waals surface area contributed by atoms with Crippen LogP contribution in [-0.4, -0.2) is 66.3 Å². The normalized spacial score (nSPS) is 32.6. The van der Waals surface area contributed by atoms with E-state index in [4.69, 9.17) is 16.9 Å². The highest BCUT2D eigenvalue weighted by atomic mass is 19.1. The van der Waals surface area contributed by atoms with Crippen molar-refractivity contribution < 1.29 is 19.3 Å². The van der Waals surface area contributed by atoms with E-state index in [9.17, 15) is 10.2 Å². The molecule has 0 unspecified atom stereocenters. The number of imidazole rings is 1. The first-order valence-corrected chi connectivity index (χ1v) is 9.37. The Hall–Kier alpha value is -2.48. The molecule has 5 rings (SSSR count). The average Bonchev–Trinajstić information content (AvgIpc) is 3.61. The van der Waals surface area contributed by atoms with Crippen LogP contribution in [0.4, 0.5) is 16.2 Å². The molecule has 148 valence electrons. The Morgan fingerprint density at radius 1 is 1.36 bits per heavy atom. The highest BCUT2D eigenvalue weighted by Gasteiger charge is 2.57. The molecule has 9 nitrogen and oxygen atoms in total. The zero-order valence-corrected chi connectivity index (χ0v) is 15.1. The summed E-state index contributed by atoms with van der Waals surface area (Å²) < 4.78 is 22.3. The lowest BCUT2D eigenvalue weighted by molar-refractivity contribution is -0.0504. The minimum atomic E-state index is -2.55. The van der Waals surface area contributed by atoms with Gasteiger partial charge < -0.3 is 25.6 Å². The van der Waals surface area contributed by atoms with E-state index < -0.39 is 30.7 Å². The van der Waals surface area contributed by atoms with Crippen molar-refractivity contribution >= 4 is 22.9 Å². The topological polar surface area (TPSA) is 123 Å². The SMILES string of the molecule is C#C[C@@]1(F)[C@H](O)[C@@H](CO)O[C@H]1n1cnc2c(N(C3CC3)C3CC3)nc(N)nc21. The summed E-state index contributed by atoms with van der Waals surface area (Å²) in [4.78, 5) is 15.3. The second-order valence-corrected chi connectivity index (χ2v) is 7.67. The van der Waals surface area contributed by atoms with E-state index in [2.05, 4.69) is 19.9 Å².